The van der Waals surface area contributed by atoms with Gasteiger partial charge in [-0.3, -0.25) is 4.98 Å². The number of benzene rings is 1. The molecule has 0 amide bonds. The lowest BCUT2D eigenvalue weighted by Gasteiger charge is -2.11. The molecule has 2 atom stereocenters. The molecular formula is C24H23N5O4. The van der Waals surface area contributed by atoms with E-state index in [1.165, 1.54) is 0 Å². The van der Waals surface area contributed by atoms with Gasteiger partial charge in [-0.15, -0.1) is 0 Å². The average molecular weight is 445 g/mol. The quantitative estimate of drug-likeness (QED) is 0.434. The first kappa shape index (κ1) is 21.0. The normalized spacial score (nSPS) is 17.1. The van der Waals surface area contributed by atoms with Gasteiger partial charge in [0, 0.05) is 29.3 Å². The minimum absolute atomic E-state index is 0.180. The summed E-state index contributed by atoms with van der Waals surface area (Å²) in [6.07, 6.45) is 4.56. The van der Waals surface area contributed by atoms with Crippen LogP contribution in [0.15, 0.2) is 53.3 Å². The van der Waals surface area contributed by atoms with E-state index in [2.05, 4.69) is 25.1 Å². The molecule has 3 aromatic heterocycles. The van der Waals surface area contributed by atoms with Gasteiger partial charge in [-0.25, -0.2) is 4.98 Å². The first-order valence-corrected chi connectivity index (χ1v) is 10.6. The minimum atomic E-state index is -0.289. The fraction of sp³-hybridized carbons (Fsp3) is 0.292. The number of methoxy groups -OCH3 is 1. The molecular weight excluding hydrogens is 422 g/mol. The summed E-state index contributed by atoms with van der Waals surface area (Å²) in [6.45, 7) is 2.12. The Bertz CT molecular complexity index is 1240. The molecule has 0 saturated heterocycles. The Labute approximate surface area is 190 Å². The van der Waals surface area contributed by atoms with E-state index in [0.29, 0.717) is 36.0 Å². The number of ether oxygens (including phenoxy) is 2. The Balaban J connectivity index is 1.29. The van der Waals surface area contributed by atoms with Crippen molar-refractivity contribution in [3.8, 4) is 34.1 Å². The van der Waals surface area contributed by atoms with E-state index in [1.807, 2.05) is 43.3 Å². The van der Waals surface area contributed by atoms with Crippen molar-refractivity contribution < 1.29 is 19.1 Å². The number of nitrogens with zero attached hydrogens (tertiary/aromatic N) is 5. The highest BCUT2D eigenvalue weighted by atomic mass is 16.5. The summed E-state index contributed by atoms with van der Waals surface area (Å²) in [5, 5.41) is 13.0. The van der Waals surface area contributed by atoms with Crippen molar-refractivity contribution in [2.24, 2.45) is 5.92 Å². The van der Waals surface area contributed by atoms with Crippen LogP contribution in [-0.2, 0) is 6.61 Å². The fourth-order valence-corrected chi connectivity index (χ4v) is 3.70. The van der Waals surface area contributed by atoms with Crippen molar-refractivity contribution in [3.05, 3.63) is 66.2 Å². The van der Waals surface area contributed by atoms with Crippen LogP contribution >= 0.6 is 0 Å². The zero-order valence-electron chi connectivity index (χ0n) is 18.3. The largest absolute Gasteiger partial charge is 0.495 e. The molecule has 1 unspecified atom stereocenters. The maximum Gasteiger partial charge on any atom is 0.252 e. The Morgan fingerprint density at radius 2 is 1.85 bits per heavy atom. The van der Waals surface area contributed by atoms with Gasteiger partial charge in [-0.2, -0.15) is 9.97 Å². The van der Waals surface area contributed by atoms with Crippen LogP contribution in [0.3, 0.4) is 0 Å². The van der Waals surface area contributed by atoms with Gasteiger partial charge >= 0.3 is 0 Å². The molecule has 0 radical (unpaired) electrons. The highest BCUT2D eigenvalue weighted by Crippen LogP contribution is 2.47. The van der Waals surface area contributed by atoms with Crippen LogP contribution in [0.1, 0.15) is 29.7 Å². The molecule has 0 bridgehead atoms. The van der Waals surface area contributed by atoms with Gasteiger partial charge < -0.3 is 19.1 Å². The summed E-state index contributed by atoms with van der Waals surface area (Å²) >= 11 is 0. The minimum Gasteiger partial charge on any atom is -0.495 e. The number of aryl methyl sites for hydroxylation is 1. The average Bonchev–Trinajstić information content (AvgIpc) is 3.48. The molecule has 0 aliphatic heterocycles. The Hall–Kier alpha value is -3.85. The topological polar surface area (TPSA) is 116 Å². The van der Waals surface area contributed by atoms with E-state index in [4.69, 9.17) is 19.1 Å². The van der Waals surface area contributed by atoms with Crippen molar-refractivity contribution in [2.75, 3.05) is 13.7 Å². The highest BCUT2D eigenvalue weighted by molar-refractivity contribution is 5.70. The van der Waals surface area contributed by atoms with Crippen molar-refractivity contribution in [1.29, 1.82) is 0 Å². The lowest BCUT2D eigenvalue weighted by molar-refractivity contribution is 0.222. The summed E-state index contributed by atoms with van der Waals surface area (Å²) in [5.74, 6) is 3.36. The van der Waals surface area contributed by atoms with Gasteiger partial charge in [0.25, 0.3) is 5.89 Å². The predicted octanol–water partition coefficient (Wildman–Crippen LogP) is 3.58. The van der Waals surface area contributed by atoms with E-state index in [-0.39, 0.29) is 12.5 Å². The first-order chi connectivity index (χ1) is 16.1. The van der Waals surface area contributed by atoms with Gasteiger partial charge in [0.05, 0.1) is 25.5 Å². The molecule has 0 spiro atoms. The number of aromatic nitrogens is 5. The number of aliphatic hydroxyl groups is 1. The summed E-state index contributed by atoms with van der Waals surface area (Å²) in [7, 11) is 1.64. The van der Waals surface area contributed by atoms with Gasteiger partial charge in [0.2, 0.25) is 11.7 Å². The highest BCUT2D eigenvalue weighted by Gasteiger charge is 2.40. The molecule has 1 N–H and O–H groups in total. The molecule has 1 aliphatic carbocycles. The molecule has 1 saturated carbocycles. The second-order valence-corrected chi connectivity index (χ2v) is 7.92. The molecule has 9 nitrogen and oxygen atoms in total. The predicted molar refractivity (Wildman–Crippen MR) is 119 cm³/mol. The van der Waals surface area contributed by atoms with E-state index in [1.54, 1.807) is 19.5 Å². The third kappa shape index (κ3) is 4.54. The molecule has 1 aliphatic rings. The Kier molecular flexibility index (Phi) is 5.70. The van der Waals surface area contributed by atoms with E-state index in [9.17, 15) is 0 Å². The maximum absolute atomic E-state index is 9.11. The Morgan fingerprint density at radius 1 is 1.03 bits per heavy atom. The van der Waals surface area contributed by atoms with Gasteiger partial charge in [0.1, 0.15) is 18.2 Å². The van der Waals surface area contributed by atoms with E-state index < -0.39 is 0 Å². The van der Waals surface area contributed by atoms with Crippen LogP contribution in [-0.4, -0.2) is 43.9 Å². The molecule has 1 aromatic carbocycles. The zero-order valence-corrected chi connectivity index (χ0v) is 18.3. The number of aliphatic hydroxyl groups excluding tert-OH is 1. The first-order valence-electron chi connectivity index (χ1n) is 10.6. The molecule has 5 rings (SSSR count). The monoisotopic (exact) mass is 445 g/mol. The fourth-order valence-electron chi connectivity index (χ4n) is 3.70. The number of hydrogen-bond donors (Lipinski definition) is 1. The van der Waals surface area contributed by atoms with Gasteiger partial charge in [-0.1, -0.05) is 29.4 Å². The van der Waals surface area contributed by atoms with Crippen molar-refractivity contribution in [3.63, 3.8) is 0 Å². The molecule has 33 heavy (non-hydrogen) atoms. The maximum atomic E-state index is 9.11. The summed E-state index contributed by atoms with van der Waals surface area (Å²) in [6, 6.07) is 11.6. The van der Waals surface area contributed by atoms with Gasteiger partial charge in [0.15, 0.2) is 0 Å². The van der Waals surface area contributed by atoms with E-state index in [0.717, 1.165) is 34.6 Å². The molecule has 1 fully saturated rings. The standard InChI is InChI=1S/C24H23N5O4/c1-14-25-11-20(15-3-5-16(6-4-15)23-28-22(12-30)33-29-23)24(27-14)32-13-17-9-19(17)21-8-7-18(31-2)10-26-21/h3-8,10-11,17,19,30H,9,12-13H2,1-2H3/t17?,19-/m0/s1. The van der Waals surface area contributed by atoms with Gasteiger partial charge in [-0.05, 0) is 31.0 Å². The second-order valence-electron chi connectivity index (χ2n) is 7.92. The summed E-state index contributed by atoms with van der Waals surface area (Å²) in [5.41, 5.74) is 3.58. The third-order valence-electron chi connectivity index (χ3n) is 5.66. The van der Waals surface area contributed by atoms with Crippen LogP contribution in [0.4, 0.5) is 0 Å². The van der Waals surface area contributed by atoms with Crippen molar-refractivity contribution >= 4 is 0 Å². The molecule has 9 heteroatoms. The number of pyridine rings is 1. The summed E-state index contributed by atoms with van der Waals surface area (Å²) in [4.78, 5) is 17.5. The van der Waals surface area contributed by atoms with Crippen LogP contribution in [0.2, 0.25) is 0 Å². The molecule has 4 aromatic rings. The third-order valence-corrected chi connectivity index (χ3v) is 5.66. The molecule has 3 heterocycles. The van der Waals surface area contributed by atoms with Crippen molar-refractivity contribution in [1.82, 2.24) is 25.1 Å². The zero-order chi connectivity index (χ0) is 22.8. The lowest BCUT2D eigenvalue weighted by Crippen LogP contribution is -2.05. The summed E-state index contributed by atoms with van der Waals surface area (Å²) < 4.78 is 16.3. The van der Waals surface area contributed by atoms with Crippen LogP contribution in [0, 0.1) is 12.8 Å². The number of hydrogen-bond acceptors (Lipinski definition) is 9. The second kappa shape index (κ2) is 8.95. The lowest BCUT2D eigenvalue weighted by atomic mass is 10.1. The van der Waals surface area contributed by atoms with E-state index >= 15 is 0 Å². The van der Waals surface area contributed by atoms with Crippen LogP contribution < -0.4 is 9.47 Å². The SMILES string of the molecule is COc1ccc([C@H]2CC2COc2nc(C)ncc2-c2ccc(-c3noc(CO)n3)cc2)nc1. The molecule has 168 valence electrons. The van der Waals surface area contributed by atoms with Crippen molar-refractivity contribution in [2.45, 2.75) is 25.9 Å². The van der Waals surface area contributed by atoms with Crippen LogP contribution in [0.5, 0.6) is 11.6 Å². The van der Waals surface area contributed by atoms with Crippen LogP contribution in [0.25, 0.3) is 22.5 Å². The number of rotatable bonds is 8. The smallest absolute Gasteiger partial charge is 0.252 e. The Morgan fingerprint density at radius 3 is 2.55 bits per heavy atom.